The first-order valence-corrected chi connectivity index (χ1v) is 6.22. The molecule has 0 aliphatic carbocycles. The molecule has 0 saturated carbocycles. The lowest BCUT2D eigenvalue weighted by Gasteiger charge is -2.10. The fraction of sp³-hybridized carbons (Fsp3) is 0.267. The number of methoxy groups -OCH3 is 1. The molecule has 3 N–H and O–H groups in total. The van der Waals surface area contributed by atoms with Crippen LogP contribution in [0.5, 0.6) is 0 Å². The zero-order valence-corrected chi connectivity index (χ0v) is 11.3. The lowest BCUT2D eigenvalue weighted by atomic mass is 10.1. The fourth-order valence-corrected chi connectivity index (χ4v) is 1.89. The molecular formula is C15H19N3O. The molecule has 0 fully saturated rings. The van der Waals surface area contributed by atoms with Gasteiger partial charge < -0.3 is 15.8 Å². The highest BCUT2D eigenvalue weighted by Crippen LogP contribution is 2.19. The highest BCUT2D eigenvalue weighted by Gasteiger charge is 2.03. The molecule has 4 heteroatoms. The Hall–Kier alpha value is -2.07. The normalized spacial score (nSPS) is 10.4. The standard InChI is InChI=1S/C15H19N3O/c1-11-6-7-17-15(14(11)16)18-9-12-4-3-5-13(8-12)10-19-2/h3-8H,9-10,16H2,1-2H3,(H,17,18). The quantitative estimate of drug-likeness (QED) is 0.864. The number of pyridine rings is 1. The summed E-state index contributed by atoms with van der Waals surface area (Å²) in [7, 11) is 1.70. The summed E-state index contributed by atoms with van der Waals surface area (Å²) in [5.41, 5.74) is 10.1. The summed E-state index contributed by atoms with van der Waals surface area (Å²) in [6.07, 6.45) is 1.76. The van der Waals surface area contributed by atoms with Crippen LogP contribution in [0.4, 0.5) is 11.5 Å². The van der Waals surface area contributed by atoms with Crippen molar-refractivity contribution in [1.82, 2.24) is 4.98 Å². The van der Waals surface area contributed by atoms with Crippen molar-refractivity contribution >= 4 is 11.5 Å². The molecule has 4 nitrogen and oxygen atoms in total. The minimum atomic E-state index is 0.624. The minimum absolute atomic E-state index is 0.624. The first kappa shape index (κ1) is 13.4. The SMILES string of the molecule is COCc1cccc(CNc2nccc(C)c2N)c1. The minimum Gasteiger partial charge on any atom is -0.396 e. The Morgan fingerprint density at radius 1 is 1.26 bits per heavy atom. The third-order valence-corrected chi connectivity index (χ3v) is 2.97. The molecule has 1 aromatic heterocycles. The van der Waals surface area contributed by atoms with E-state index in [0.29, 0.717) is 18.8 Å². The van der Waals surface area contributed by atoms with E-state index >= 15 is 0 Å². The number of aromatic nitrogens is 1. The van der Waals surface area contributed by atoms with Crippen molar-refractivity contribution in [1.29, 1.82) is 0 Å². The van der Waals surface area contributed by atoms with Crippen LogP contribution in [0.2, 0.25) is 0 Å². The van der Waals surface area contributed by atoms with Gasteiger partial charge in [0.1, 0.15) is 5.82 Å². The summed E-state index contributed by atoms with van der Waals surface area (Å²) in [5, 5.41) is 3.26. The van der Waals surface area contributed by atoms with Gasteiger partial charge in [0.05, 0.1) is 12.3 Å². The molecule has 100 valence electrons. The van der Waals surface area contributed by atoms with Gasteiger partial charge >= 0.3 is 0 Å². The second-order valence-corrected chi connectivity index (χ2v) is 4.50. The largest absolute Gasteiger partial charge is 0.396 e. The smallest absolute Gasteiger partial charge is 0.149 e. The van der Waals surface area contributed by atoms with Gasteiger partial charge in [-0.25, -0.2) is 4.98 Å². The van der Waals surface area contributed by atoms with Gasteiger partial charge in [-0.15, -0.1) is 0 Å². The van der Waals surface area contributed by atoms with E-state index in [1.165, 1.54) is 5.56 Å². The Balaban J connectivity index is 2.06. The van der Waals surface area contributed by atoms with Gasteiger partial charge in [-0.3, -0.25) is 0 Å². The van der Waals surface area contributed by atoms with E-state index < -0.39 is 0 Å². The molecule has 0 amide bonds. The molecule has 0 aliphatic heterocycles. The molecule has 0 saturated heterocycles. The Morgan fingerprint density at radius 3 is 2.84 bits per heavy atom. The predicted molar refractivity (Wildman–Crippen MR) is 77.9 cm³/mol. The van der Waals surface area contributed by atoms with Crippen molar-refractivity contribution in [2.75, 3.05) is 18.2 Å². The van der Waals surface area contributed by atoms with E-state index in [2.05, 4.69) is 22.4 Å². The number of nitrogens with one attached hydrogen (secondary N) is 1. The fourth-order valence-electron chi connectivity index (χ4n) is 1.89. The van der Waals surface area contributed by atoms with Crippen LogP contribution in [0.1, 0.15) is 16.7 Å². The number of ether oxygens (including phenoxy) is 1. The molecule has 0 aliphatic rings. The molecule has 1 aromatic carbocycles. The van der Waals surface area contributed by atoms with Crippen molar-refractivity contribution in [2.24, 2.45) is 0 Å². The second-order valence-electron chi connectivity index (χ2n) is 4.50. The summed E-state index contributed by atoms with van der Waals surface area (Å²) in [6.45, 7) is 3.29. The van der Waals surface area contributed by atoms with Gasteiger partial charge in [0, 0.05) is 19.9 Å². The van der Waals surface area contributed by atoms with Crippen LogP contribution < -0.4 is 11.1 Å². The number of aryl methyl sites for hydroxylation is 1. The molecule has 2 aromatic rings. The van der Waals surface area contributed by atoms with E-state index in [4.69, 9.17) is 10.5 Å². The summed E-state index contributed by atoms with van der Waals surface area (Å²) in [5.74, 6) is 0.733. The molecule has 0 radical (unpaired) electrons. The lowest BCUT2D eigenvalue weighted by molar-refractivity contribution is 0.185. The first-order valence-electron chi connectivity index (χ1n) is 6.22. The molecular weight excluding hydrogens is 238 g/mol. The van der Waals surface area contributed by atoms with Gasteiger partial charge in [-0.2, -0.15) is 0 Å². The van der Waals surface area contributed by atoms with Crippen molar-refractivity contribution in [3.05, 3.63) is 53.2 Å². The van der Waals surface area contributed by atoms with Gasteiger partial charge in [-0.05, 0) is 29.7 Å². The van der Waals surface area contributed by atoms with E-state index in [0.717, 1.165) is 16.9 Å². The van der Waals surface area contributed by atoms with E-state index in [9.17, 15) is 0 Å². The number of nitrogens with two attached hydrogens (primary N) is 1. The van der Waals surface area contributed by atoms with Gasteiger partial charge in [-0.1, -0.05) is 24.3 Å². The van der Waals surface area contributed by atoms with Crippen molar-refractivity contribution < 1.29 is 4.74 Å². The molecule has 0 atom stereocenters. The summed E-state index contributed by atoms with van der Waals surface area (Å²) in [4.78, 5) is 4.25. The Kier molecular flexibility index (Phi) is 4.36. The average Bonchev–Trinajstić information content (AvgIpc) is 2.41. The van der Waals surface area contributed by atoms with Gasteiger partial charge in [0.2, 0.25) is 0 Å². The van der Waals surface area contributed by atoms with Crippen LogP contribution in [0.3, 0.4) is 0 Å². The third-order valence-electron chi connectivity index (χ3n) is 2.97. The zero-order valence-electron chi connectivity index (χ0n) is 11.3. The maximum atomic E-state index is 5.98. The number of nitrogens with zero attached hydrogens (tertiary/aromatic N) is 1. The summed E-state index contributed by atoms with van der Waals surface area (Å²) in [6, 6.07) is 10.2. The van der Waals surface area contributed by atoms with Crippen molar-refractivity contribution in [3.8, 4) is 0 Å². The topological polar surface area (TPSA) is 60.2 Å². The van der Waals surface area contributed by atoms with E-state index in [-0.39, 0.29) is 0 Å². The Labute approximate surface area is 113 Å². The van der Waals surface area contributed by atoms with E-state index in [1.807, 2.05) is 25.1 Å². The van der Waals surface area contributed by atoms with Crippen LogP contribution in [-0.4, -0.2) is 12.1 Å². The highest BCUT2D eigenvalue weighted by molar-refractivity contribution is 5.64. The molecule has 2 rings (SSSR count). The van der Waals surface area contributed by atoms with E-state index in [1.54, 1.807) is 13.3 Å². The van der Waals surface area contributed by atoms with Crippen LogP contribution in [-0.2, 0) is 17.9 Å². The molecule has 0 spiro atoms. The van der Waals surface area contributed by atoms with Gasteiger partial charge in [0.25, 0.3) is 0 Å². The molecule has 0 unspecified atom stereocenters. The monoisotopic (exact) mass is 257 g/mol. The Morgan fingerprint density at radius 2 is 2.05 bits per heavy atom. The van der Waals surface area contributed by atoms with Crippen LogP contribution >= 0.6 is 0 Å². The van der Waals surface area contributed by atoms with Crippen molar-refractivity contribution in [3.63, 3.8) is 0 Å². The summed E-state index contributed by atoms with van der Waals surface area (Å²) < 4.78 is 5.13. The number of anilines is 2. The van der Waals surface area contributed by atoms with Crippen molar-refractivity contribution in [2.45, 2.75) is 20.1 Å². The van der Waals surface area contributed by atoms with Crippen LogP contribution in [0, 0.1) is 6.92 Å². The number of rotatable bonds is 5. The zero-order chi connectivity index (χ0) is 13.7. The maximum absolute atomic E-state index is 5.98. The first-order chi connectivity index (χ1) is 9.20. The molecule has 0 bridgehead atoms. The number of hydrogen-bond donors (Lipinski definition) is 2. The highest BCUT2D eigenvalue weighted by atomic mass is 16.5. The van der Waals surface area contributed by atoms with Crippen LogP contribution in [0.25, 0.3) is 0 Å². The number of benzene rings is 1. The van der Waals surface area contributed by atoms with Crippen LogP contribution in [0.15, 0.2) is 36.5 Å². The Bertz CT molecular complexity index is 555. The lowest BCUT2D eigenvalue weighted by Crippen LogP contribution is -2.05. The summed E-state index contributed by atoms with van der Waals surface area (Å²) >= 11 is 0. The van der Waals surface area contributed by atoms with Gasteiger partial charge in [0.15, 0.2) is 0 Å². The average molecular weight is 257 g/mol. The molecule has 19 heavy (non-hydrogen) atoms. The number of nitrogen functional groups attached to an aromatic ring is 1. The molecule has 1 heterocycles. The maximum Gasteiger partial charge on any atom is 0.149 e. The predicted octanol–water partition coefficient (Wildman–Crippen LogP) is 2.73. The second kappa shape index (κ2) is 6.20. The number of hydrogen-bond acceptors (Lipinski definition) is 4. The third kappa shape index (κ3) is 3.45.